The number of hydrogen-bond acceptors (Lipinski definition) is 6. The van der Waals surface area contributed by atoms with Gasteiger partial charge in [0.2, 0.25) is 16.2 Å². The van der Waals surface area contributed by atoms with E-state index in [1.807, 2.05) is 6.92 Å². The maximum Gasteiger partial charge on any atom is 0.263 e. The van der Waals surface area contributed by atoms with Crippen LogP contribution in [0.2, 0.25) is 0 Å². The summed E-state index contributed by atoms with van der Waals surface area (Å²) in [4.78, 5) is 11.9. The first kappa shape index (κ1) is 16.4. The lowest BCUT2D eigenvalue weighted by atomic mass is 10.1. The van der Waals surface area contributed by atoms with Crippen LogP contribution in [0.15, 0.2) is 35.2 Å². The van der Waals surface area contributed by atoms with E-state index in [9.17, 15) is 13.2 Å². The molecule has 2 rings (SSSR count). The van der Waals surface area contributed by atoms with Crippen LogP contribution in [0.4, 0.5) is 10.3 Å². The molecule has 0 radical (unpaired) electrons. The first-order valence-electron chi connectivity index (χ1n) is 6.64. The number of aromatic nitrogens is 2. The molecule has 0 aliphatic heterocycles. The molecular formula is C13H16N4O3S2. The first-order valence-corrected chi connectivity index (χ1v) is 8.94. The molecule has 7 nitrogen and oxygen atoms in total. The number of carbonyl (C=O) groups excluding carboxylic acids is 1. The smallest absolute Gasteiger partial charge is 0.263 e. The van der Waals surface area contributed by atoms with Gasteiger partial charge in [-0.3, -0.25) is 9.52 Å². The van der Waals surface area contributed by atoms with E-state index in [-0.39, 0.29) is 27.0 Å². The summed E-state index contributed by atoms with van der Waals surface area (Å²) in [5.74, 6) is -0.315. The summed E-state index contributed by atoms with van der Waals surface area (Å²) in [6.45, 7) is 3.71. The molecular weight excluding hydrogens is 324 g/mol. The zero-order chi connectivity index (χ0) is 16.2. The molecule has 0 bridgehead atoms. The number of nitrogens with one attached hydrogen (secondary N) is 2. The fourth-order valence-electron chi connectivity index (χ4n) is 1.50. The summed E-state index contributed by atoms with van der Waals surface area (Å²) in [6, 6.07) is 7.95. The maximum absolute atomic E-state index is 12.1. The summed E-state index contributed by atoms with van der Waals surface area (Å²) in [6.07, 6.45) is 0.706. The largest absolute Gasteiger partial charge is 0.300 e. The lowest BCUT2D eigenvalue weighted by Gasteiger charge is -2.06. The van der Waals surface area contributed by atoms with E-state index in [0.717, 1.165) is 11.3 Å². The van der Waals surface area contributed by atoms with Crippen molar-refractivity contribution in [2.75, 3.05) is 10.0 Å². The van der Waals surface area contributed by atoms with Crippen molar-refractivity contribution < 1.29 is 13.2 Å². The van der Waals surface area contributed by atoms with Gasteiger partial charge < -0.3 is 5.32 Å². The Hall–Kier alpha value is -2.00. The number of carbonyl (C=O) groups is 1. The van der Waals surface area contributed by atoms with Crippen molar-refractivity contribution >= 4 is 37.5 Å². The highest BCUT2D eigenvalue weighted by atomic mass is 32.2. The van der Waals surface area contributed by atoms with Crippen LogP contribution in [0.1, 0.15) is 20.3 Å². The molecule has 0 unspecified atom stereocenters. The Morgan fingerprint density at radius 1 is 1.23 bits per heavy atom. The Morgan fingerprint density at radius 2 is 1.86 bits per heavy atom. The van der Waals surface area contributed by atoms with Gasteiger partial charge in [-0.05, 0) is 18.6 Å². The number of nitrogens with zero attached hydrogens (tertiary/aromatic N) is 2. The van der Waals surface area contributed by atoms with E-state index in [2.05, 4.69) is 20.2 Å². The Balaban J connectivity index is 2.08. The van der Waals surface area contributed by atoms with Crippen molar-refractivity contribution in [3.63, 3.8) is 0 Å². The molecule has 0 aliphatic rings. The van der Waals surface area contributed by atoms with Gasteiger partial charge in [-0.15, -0.1) is 10.2 Å². The van der Waals surface area contributed by atoms with Crippen LogP contribution in [0.25, 0.3) is 0 Å². The minimum absolute atomic E-state index is 0.100. The molecule has 2 aromatic rings. The predicted octanol–water partition coefficient (Wildman–Crippen LogP) is 2.32. The van der Waals surface area contributed by atoms with Gasteiger partial charge in [0.05, 0.1) is 4.90 Å². The van der Waals surface area contributed by atoms with Crippen LogP contribution in [-0.2, 0) is 14.8 Å². The summed E-state index contributed by atoms with van der Waals surface area (Å²) in [5, 5.41) is 10.5. The maximum atomic E-state index is 12.1. The second-order valence-electron chi connectivity index (χ2n) is 4.63. The predicted molar refractivity (Wildman–Crippen MR) is 85.2 cm³/mol. The van der Waals surface area contributed by atoms with Gasteiger partial charge >= 0.3 is 0 Å². The van der Waals surface area contributed by atoms with Crippen LogP contribution in [0.3, 0.4) is 0 Å². The highest BCUT2D eigenvalue weighted by Crippen LogP contribution is 2.23. The van der Waals surface area contributed by atoms with E-state index in [4.69, 9.17) is 0 Å². The molecule has 0 saturated heterocycles. The molecule has 0 fully saturated rings. The fourth-order valence-corrected chi connectivity index (χ4v) is 3.40. The Kier molecular flexibility index (Phi) is 5.09. The SMILES string of the molecule is CC[C@@H](C)C(=O)Nc1nnc(NS(=O)(=O)c2ccccc2)s1. The van der Waals surface area contributed by atoms with Gasteiger partial charge in [0.15, 0.2) is 0 Å². The van der Waals surface area contributed by atoms with Gasteiger partial charge in [0.25, 0.3) is 10.0 Å². The van der Waals surface area contributed by atoms with Gasteiger partial charge in [0, 0.05) is 5.92 Å². The minimum Gasteiger partial charge on any atom is -0.300 e. The van der Waals surface area contributed by atoms with Crippen molar-refractivity contribution in [3.8, 4) is 0 Å². The van der Waals surface area contributed by atoms with Crippen LogP contribution >= 0.6 is 11.3 Å². The van der Waals surface area contributed by atoms with Crippen LogP contribution in [-0.4, -0.2) is 24.5 Å². The molecule has 22 heavy (non-hydrogen) atoms. The van der Waals surface area contributed by atoms with E-state index >= 15 is 0 Å². The summed E-state index contributed by atoms with van der Waals surface area (Å²) in [7, 11) is -3.70. The van der Waals surface area contributed by atoms with E-state index in [1.54, 1.807) is 25.1 Å². The van der Waals surface area contributed by atoms with Gasteiger partial charge in [0.1, 0.15) is 0 Å². The monoisotopic (exact) mass is 340 g/mol. The lowest BCUT2D eigenvalue weighted by molar-refractivity contribution is -0.119. The third kappa shape index (κ3) is 4.01. The molecule has 1 heterocycles. The molecule has 1 amide bonds. The molecule has 1 aromatic heterocycles. The van der Waals surface area contributed by atoms with Crippen LogP contribution < -0.4 is 10.0 Å². The van der Waals surface area contributed by atoms with Gasteiger partial charge in [-0.25, -0.2) is 8.42 Å². The number of sulfonamides is 1. The van der Waals surface area contributed by atoms with Gasteiger partial charge in [-0.2, -0.15) is 0 Å². The minimum atomic E-state index is -3.70. The zero-order valence-corrected chi connectivity index (χ0v) is 13.7. The van der Waals surface area contributed by atoms with Crippen LogP contribution in [0.5, 0.6) is 0 Å². The van der Waals surface area contributed by atoms with E-state index < -0.39 is 10.0 Å². The van der Waals surface area contributed by atoms with Crippen molar-refractivity contribution in [1.29, 1.82) is 0 Å². The van der Waals surface area contributed by atoms with E-state index in [0.29, 0.717) is 6.42 Å². The van der Waals surface area contributed by atoms with Crippen molar-refractivity contribution in [2.45, 2.75) is 25.2 Å². The molecule has 0 aliphatic carbocycles. The number of hydrogen-bond donors (Lipinski definition) is 2. The molecule has 0 spiro atoms. The Labute approximate surface area is 132 Å². The first-order chi connectivity index (χ1) is 10.4. The summed E-state index contributed by atoms with van der Waals surface area (Å²) >= 11 is 0.966. The van der Waals surface area contributed by atoms with Gasteiger partial charge in [-0.1, -0.05) is 43.4 Å². The zero-order valence-electron chi connectivity index (χ0n) is 12.1. The second kappa shape index (κ2) is 6.84. The average molecular weight is 340 g/mol. The Morgan fingerprint density at radius 3 is 2.50 bits per heavy atom. The third-order valence-electron chi connectivity index (χ3n) is 2.99. The highest BCUT2D eigenvalue weighted by Gasteiger charge is 2.18. The molecule has 118 valence electrons. The second-order valence-corrected chi connectivity index (χ2v) is 7.29. The summed E-state index contributed by atoms with van der Waals surface area (Å²) < 4.78 is 26.6. The third-order valence-corrected chi connectivity index (χ3v) is 5.23. The van der Waals surface area contributed by atoms with Crippen molar-refractivity contribution in [1.82, 2.24) is 10.2 Å². The number of rotatable bonds is 6. The average Bonchev–Trinajstić information content (AvgIpc) is 2.93. The number of anilines is 2. The molecule has 9 heteroatoms. The molecule has 2 N–H and O–H groups in total. The molecule has 1 aromatic carbocycles. The normalized spacial score (nSPS) is 12.6. The highest BCUT2D eigenvalue weighted by molar-refractivity contribution is 7.93. The van der Waals surface area contributed by atoms with Crippen molar-refractivity contribution in [3.05, 3.63) is 30.3 Å². The quantitative estimate of drug-likeness (QED) is 0.840. The van der Waals surface area contributed by atoms with E-state index in [1.165, 1.54) is 12.1 Å². The number of benzene rings is 1. The Bertz CT molecular complexity index is 744. The van der Waals surface area contributed by atoms with Crippen LogP contribution in [0, 0.1) is 5.92 Å². The lowest BCUT2D eigenvalue weighted by Crippen LogP contribution is -2.19. The molecule has 1 atom stereocenters. The topological polar surface area (TPSA) is 101 Å². The standard InChI is InChI=1S/C13H16N4O3S2/c1-3-9(2)11(18)14-12-15-16-13(21-12)17-22(19,20)10-7-5-4-6-8-10/h4-9H,3H2,1-2H3,(H,16,17)(H,14,15,18)/t9-/m1/s1. The van der Waals surface area contributed by atoms with Crippen molar-refractivity contribution in [2.24, 2.45) is 5.92 Å². The fraction of sp³-hybridized carbons (Fsp3) is 0.308. The summed E-state index contributed by atoms with van der Waals surface area (Å²) in [5.41, 5.74) is 0. The molecule has 0 saturated carbocycles. The number of amides is 1.